The van der Waals surface area contributed by atoms with Crippen LogP contribution in [0, 0.1) is 11.6 Å². The van der Waals surface area contributed by atoms with Gasteiger partial charge in [-0.05, 0) is 75.1 Å². The van der Waals surface area contributed by atoms with E-state index in [1.54, 1.807) is 24.3 Å². The molecule has 0 bridgehead atoms. The van der Waals surface area contributed by atoms with Crippen LogP contribution in [0.3, 0.4) is 0 Å². The number of anilines is 1. The van der Waals surface area contributed by atoms with E-state index in [-0.39, 0.29) is 6.03 Å². The summed E-state index contributed by atoms with van der Waals surface area (Å²) in [4.78, 5) is 14.5. The smallest absolute Gasteiger partial charge is 0.319 e. The lowest BCUT2D eigenvalue weighted by Gasteiger charge is -2.26. The summed E-state index contributed by atoms with van der Waals surface area (Å²) in [6.45, 7) is 4.14. The Kier molecular flexibility index (Phi) is 7.37. The number of piperidine rings is 1. The van der Waals surface area contributed by atoms with E-state index in [0.717, 1.165) is 25.5 Å². The molecule has 1 heterocycles. The van der Waals surface area contributed by atoms with Gasteiger partial charge in [0.1, 0.15) is 11.6 Å². The minimum Gasteiger partial charge on any atom is -0.338 e. The van der Waals surface area contributed by atoms with E-state index >= 15 is 0 Å². The number of hydrogen-bond acceptors (Lipinski definition) is 2. The summed E-state index contributed by atoms with van der Waals surface area (Å²) < 4.78 is 26.9. The Bertz CT molecular complexity index is 774. The Morgan fingerprint density at radius 3 is 2.43 bits per heavy atom. The molecule has 3 rings (SSSR count). The quantitative estimate of drug-likeness (QED) is 0.655. The van der Waals surface area contributed by atoms with Crippen molar-refractivity contribution in [2.75, 3.05) is 31.5 Å². The van der Waals surface area contributed by atoms with Crippen molar-refractivity contribution in [3.8, 4) is 11.1 Å². The number of nitrogens with zero attached hydrogens (tertiary/aromatic N) is 1. The Morgan fingerprint density at radius 1 is 0.964 bits per heavy atom. The normalized spacial score (nSPS) is 14.6. The molecule has 1 saturated heterocycles. The average molecular weight is 387 g/mol. The Labute approximate surface area is 164 Å². The van der Waals surface area contributed by atoms with Gasteiger partial charge in [0.05, 0.1) is 0 Å². The molecule has 0 spiro atoms. The van der Waals surface area contributed by atoms with Crippen LogP contribution in [0.25, 0.3) is 11.1 Å². The highest BCUT2D eigenvalue weighted by Crippen LogP contribution is 2.24. The first-order valence-electron chi connectivity index (χ1n) is 9.94. The van der Waals surface area contributed by atoms with Gasteiger partial charge in [-0.2, -0.15) is 0 Å². The van der Waals surface area contributed by atoms with Crippen molar-refractivity contribution in [2.45, 2.75) is 32.1 Å². The second kappa shape index (κ2) is 10.2. The van der Waals surface area contributed by atoms with Crippen molar-refractivity contribution in [3.63, 3.8) is 0 Å². The van der Waals surface area contributed by atoms with Gasteiger partial charge in [-0.15, -0.1) is 0 Å². The highest BCUT2D eigenvalue weighted by atomic mass is 19.1. The molecule has 2 aromatic rings. The molecule has 2 aromatic carbocycles. The van der Waals surface area contributed by atoms with Crippen molar-refractivity contribution in [3.05, 3.63) is 54.1 Å². The van der Waals surface area contributed by atoms with Crippen LogP contribution < -0.4 is 10.6 Å². The molecular weight excluding hydrogens is 360 g/mol. The summed E-state index contributed by atoms with van der Waals surface area (Å²) >= 11 is 0. The number of benzene rings is 2. The highest BCUT2D eigenvalue weighted by Gasteiger charge is 2.09. The number of nitrogens with one attached hydrogen (secondary N) is 2. The van der Waals surface area contributed by atoms with Crippen molar-refractivity contribution < 1.29 is 13.6 Å². The molecule has 4 nitrogen and oxygen atoms in total. The van der Waals surface area contributed by atoms with Gasteiger partial charge in [-0.1, -0.05) is 18.6 Å². The largest absolute Gasteiger partial charge is 0.338 e. The second-order valence-electron chi connectivity index (χ2n) is 7.19. The summed E-state index contributed by atoms with van der Waals surface area (Å²) in [5.41, 5.74) is 1.57. The minimum atomic E-state index is -0.608. The molecular formula is C22H27F2N3O. The predicted molar refractivity (Wildman–Crippen MR) is 108 cm³/mol. The Morgan fingerprint density at radius 2 is 1.71 bits per heavy atom. The third-order valence-electron chi connectivity index (χ3n) is 5.02. The van der Waals surface area contributed by atoms with Gasteiger partial charge >= 0.3 is 6.03 Å². The van der Waals surface area contributed by atoms with Gasteiger partial charge in [-0.3, -0.25) is 0 Å². The maximum absolute atomic E-state index is 13.8. The monoisotopic (exact) mass is 387 g/mol. The van der Waals surface area contributed by atoms with Gasteiger partial charge in [0.2, 0.25) is 0 Å². The average Bonchev–Trinajstić information content (AvgIpc) is 2.69. The number of urea groups is 1. The van der Waals surface area contributed by atoms with Crippen LogP contribution in [0.1, 0.15) is 32.1 Å². The predicted octanol–water partition coefficient (Wildman–Crippen LogP) is 5.02. The van der Waals surface area contributed by atoms with Crippen LogP contribution >= 0.6 is 0 Å². The van der Waals surface area contributed by atoms with Crippen LogP contribution in [0.4, 0.5) is 19.3 Å². The fourth-order valence-corrected chi connectivity index (χ4v) is 3.48. The summed E-state index contributed by atoms with van der Waals surface area (Å²) in [6, 6.07) is 10.0. The molecule has 1 aliphatic rings. The molecule has 1 aliphatic heterocycles. The third kappa shape index (κ3) is 6.02. The Hall–Kier alpha value is -2.47. The van der Waals surface area contributed by atoms with Gasteiger partial charge in [-0.25, -0.2) is 13.6 Å². The zero-order chi connectivity index (χ0) is 19.8. The highest BCUT2D eigenvalue weighted by molar-refractivity contribution is 5.89. The van der Waals surface area contributed by atoms with Crippen LogP contribution in [0.2, 0.25) is 0 Å². The molecule has 150 valence electrons. The summed E-state index contributed by atoms with van der Waals surface area (Å²) in [5, 5.41) is 5.63. The number of carbonyl (C=O) groups is 1. The number of amides is 2. The van der Waals surface area contributed by atoms with Crippen LogP contribution in [-0.2, 0) is 0 Å². The number of unbranched alkanes of at least 4 members (excludes halogenated alkanes) is 1. The van der Waals surface area contributed by atoms with Crippen LogP contribution in [0.15, 0.2) is 42.5 Å². The first-order valence-corrected chi connectivity index (χ1v) is 9.94. The first-order chi connectivity index (χ1) is 13.6. The fraction of sp³-hybridized carbons (Fsp3) is 0.409. The van der Waals surface area contributed by atoms with Crippen LogP contribution in [-0.4, -0.2) is 37.1 Å². The molecule has 0 unspecified atom stereocenters. The molecule has 2 amide bonds. The standard InChI is InChI=1S/C22H27F2N3O/c23-18-8-11-20(21(24)16-18)17-6-9-19(10-7-17)26-22(28)25-12-2-5-15-27-13-3-1-4-14-27/h6-11,16H,1-5,12-15H2,(H2,25,26,28). The summed E-state index contributed by atoms with van der Waals surface area (Å²) in [7, 11) is 0. The molecule has 6 heteroatoms. The summed E-state index contributed by atoms with van der Waals surface area (Å²) in [6.07, 6.45) is 5.98. The van der Waals surface area contributed by atoms with E-state index in [2.05, 4.69) is 15.5 Å². The molecule has 1 fully saturated rings. The lowest BCUT2D eigenvalue weighted by atomic mass is 10.0. The van der Waals surface area contributed by atoms with E-state index in [9.17, 15) is 13.6 Å². The zero-order valence-corrected chi connectivity index (χ0v) is 16.0. The lowest BCUT2D eigenvalue weighted by molar-refractivity contribution is 0.224. The molecule has 0 aromatic heterocycles. The van der Waals surface area contributed by atoms with Gasteiger partial charge < -0.3 is 15.5 Å². The van der Waals surface area contributed by atoms with Crippen molar-refractivity contribution >= 4 is 11.7 Å². The fourth-order valence-electron chi connectivity index (χ4n) is 3.48. The van der Waals surface area contributed by atoms with E-state index in [1.807, 2.05) is 0 Å². The van der Waals surface area contributed by atoms with E-state index in [0.29, 0.717) is 23.4 Å². The van der Waals surface area contributed by atoms with E-state index in [1.165, 1.54) is 44.5 Å². The van der Waals surface area contributed by atoms with E-state index in [4.69, 9.17) is 0 Å². The molecule has 0 atom stereocenters. The van der Waals surface area contributed by atoms with Gasteiger partial charge in [0.15, 0.2) is 0 Å². The van der Waals surface area contributed by atoms with Gasteiger partial charge in [0.25, 0.3) is 0 Å². The SMILES string of the molecule is O=C(NCCCCN1CCCCC1)Nc1ccc(-c2ccc(F)cc2F)cc1. The second-order valence-corrected chi connectivity index (χ2v) is 7.19. The zero-order valence-electron chi connectivity index (χ0n) is 16.0. The lowest BCUT2D eigenvalue weighted by Crippen LogP contribution is -2.32. The van der Waals surface area contributed by atoms with Crippen LogP contribution in [0.5, 0.6) is 0 Å². The maximum atomic E-state index is 13.8. The molecule has 28 heavy (non-hydrogen) atoms. The number of carbonyl (C=O) groups excluding carboxylic acids is 1. The molecule has 2 N–H and O–H groups in total. The van der Waals surface area contributed by atoms with E-state index < -0.39 is 11.6 Å². The number of hydrogen-bond donors (Lipinski definition) is 2. The summed E-state index contributed by atoms with van der Waals surface area (Å²) in [5.74, 6) is -1.21. The number of likely N-dealkylation sites (tertiary alicyclic amines) is 1. The number of rotatable bonds is 7. The third-order valence-corrected chi connectivity index (χ3v) is 5.02. The minimum absolute atomic E-state index is 0.251. The Balaban J connectivity index is 1.39. The topological polar surface area (TPSA) is 44.4 Å². The number of halogens is 2. The van der Waals surface area contributed by atoms with Gasteiger partial charge in [0, 0.05) is 23.9 Å². The van der Waals surface area contributed by atoms with Crippen molar-refractivity contribution in [2.24, 2.45) is 0 Å². The van der Waals surface area contributed by atoms with Crippen molar-refractivity contribution in [1.29, 1.82) is 0 Å². The molecule has 0 saturated carbocycles. The molecule has 0 radical (unpaired) electrons. The molecule has 0 aliphatic carbocycles. The maximum Gasteiger partial charge on any atom is 0.319 e. The first kappa shape index (κ1) is 20.3. The van der Waals surface area contributed by atoms with Crippen molar-refractivity contribution in [1.82, 2.24) is 10.2 Å².